The van der Waals surface area contributed by atoms with E-state index in [9.17, 15) is 4.79 Å². The second kappa shape index (κ2) is 11.3. The van der Waals surface area contributed by atoms with Crippen LogP contribution in [0.25, 0.3) is 0 Å². The Labute approximate surface area is 176 Å². The summed E-state index contributed by atoms with van der Waals surface area (Å²) in [5.74, 6) is 1.09. The van der Waals surface area contributed by atoms with Gasteiger partial charge in [0.25, 0.3) is 0 Å². The largest absolute Gasteiger partial charge is 0.340 e. The van der Waals surface area contributed by atoms with E-state index >= 15 is 0 Å². The topological polar surface area (TPSA) is 35.6 Å². The Morgan fingerprint density at radius 1 is 1.11 bits per heavy atom. The monoisotopic (exact) mass is 415 g/mol. The lowest BCUT2D eigenvalue weighted by molar-refractivity contribution is -0.136. The number of hydrogen-bond donors (Lipinski definition) is 1. The minimum absolute atomic E-state index is 0. The first-order valence-corrected chi connectivity index (χ1v) is 9.82. The van der Waals surface area contributed by atoms with Crippen molar-refractivity contribution in [2.45, 2.75) is 51.6 Å². The summed E-state index contributed by atoms with van der Waals surface area (Å²) in [6.07, 6.45) is 4.23. The Bertz CT molecular complexity index is 562. The van der Waals surface area contributed by atoms with Gasteiger partial charge in [0, 0.05) is 38.1 Å². The van der Waals surface area contributed by atoms with E-state index in [1.807, 2.05) is 0 Å². The predicted molar refractivity (Wildman–Crippen MR) is 117 cm³/mol. The van der Waals surface area contributed by atoms with Crippen LogP contribution in [0.3, 0.4) is 0 Å². The molecule has 2 aliphatic rings. The maximum absolute atomic E-state index is 12.7. The maximum atomic E-state index is 12.7. The lowest BCUT2D eigenvalue weighted by atomic mass is 9.92. The second-order valence-electron chi connectivity index (χ2n) is 8.27. The summed E-state index contributed by atoms with van der Waals surface area (Å²) in [6.45, 7) is 10.4. The molecule has 1 N–H and O–H groups in total. The van der Waals surface area contributed by atoms with Crippen molar-refractivity contribution in [3.63, 3.8) is 0 Å². The molecular weight excluding hydrogens is 381 g/mol. The van der Waals surface area contributed by atoms with Crippen LogP contribution in [0.15, 0.2) is 30.3 Å². The quantitative estimate of drug-likeness (QED) is 0.795. The molecule has 6 heteroatoms. The van der Waals surface area contributed by atoms with Gasteiger partial charge in [0.1, 0.15) is 0 Å². The molecule has 0 atom stereocenters. The first-order valence-electron chi connectivity index (χ1n) is 9.82. The molecule has 27 heavy (non-hydrogen) atoms. The summed E-state index contributed by atoms with van der Waals surface area (Å²) in [7, 11) is 0. The molecule has 2 saturated heterocycles. The first kappa shape index (κ1) is 24.2. The van der Waals surface area contributed by atoms with Gasteiger partial charge in [-0.15, -0.1) is 24.8 Å². The van der Waals surface area contributed by atoms with Gasteiger partial charge in [-0.3, -0.25) is 9.69 Å². The molecule has 1 aromatic carbocycles. The van der Waals surface area contributed by atoms with E-state index in [0.29, 0.717) is 5.91 Å². The van der Waals surface area contributed by atoms with Crippen LogP contribution < -0.4 is 5.32 Å². The zero-order valence-electron chi connectivity index (χ0n) is 16.7. The smallest absolute Gasteiger partial charge is 0.222 e. The van der Waals surface area contributed by atoms with Crippen LogP contribution in [-0.2, 0) is 11.3 Å². The van der Waals surface area contributed by atoms with Crippen molar-refractivity contribution in [1.29, 1.82) is 0 Å². The fourth-order valence-corrected chi connectivity index (χ4v) is 4.16. The molecule has 0 unspecified atom stereocenters. The molecule has 3 rings (SSSR count). The molecule has 4 nitrogen and oxygen atoms in total. The zero-order valence-corrected chi connectivity index (χ0v) is 18.3. The molecule has 0 bridgehead atoms. The van der Waals surface area contributed by atoms with E-state index < -0.39 is 0 Å². The van der Waals surface area contributed by atoms with Gasteiger partial charge in [-0.2, -0.15) is 0 Å². The molecule has 1 aromatic rings. The van der Waals surface area contributed by atoms with Crippen molar-refractivity contribution >= 4 is 30.7 Å². The van der Waals surface area contributed by atoms with Crippen LogP contribution in [0.5, 0.6) is 0 Å². The Balaban J connectivity index is 0.00000182. The molecule has 0 spiro atoms. The number of benzene rings is 1. The number of hydrogen-bond acceptors (Lipinski definition) is 3. The number of piperazine rings is 1. The third-order valence-electron chi connectivity index (χ3n) is 5.87. The highest BCUT2D eigenvalue weighted by atomic mass is 35.5. The number of rotatable bonds is 5. The molecule has 2 fully saturated rings. The number of nitrogens with zero attached hydrogens (tertiary/aromatic N) is 2. The van der Waals surface area contributed by atoms with Gasteiger partial charge >= 0.3 is 0 Å². The number of nitrogens with one attached hydrogen (secondary N) is 1. The van der Waals surface area contributed by atoms with E-state index in [4.69, 9.17) is 0 Å². The first-order chi connectivity index (χ1) is 12.0. The van der Waals surface area contributed by atoms with E-state index in [2.05, 4.69) is 59.3 Å². The van der Waals surface area contributed by atoms with Gasteiger partial charge in [-0.05, 0) is 57.7 Å². The molecule has 0 saturated carbocycles. The second-order valence-corrected chi connectivity index (χ2v) is 8.27. The Kier molecular flexibility index (Phi) is 10.1. The summed E-state index contributed by atoms with van der Waals surface area (Å²) >= 11 is 0. The van der Waals surface area contributed by atoms with Crippen LogP contribution in [0, 0.1) is 5.92 Å². The third kappa shape index (κ3) is 6.94. The summed E-state index contributed by atoms with van der Waals surface area (Å²) in [4.78, 5) is 17.3. The van der Waals surface area contributed by atoms with E-state index in [1.54, 1.807) is 0 Å². The fraction of sp³-hybridized carbons (Fsp3) is 0.667. The molecule has 1 amide bonds. The van der Waals surface area contributed by atoms with Gasteiger partial charge in [-0.1, -0.05) is 30.3 Å². The van der Waals surface area contributed by atoms with Crippen molar-refractivity contribution in [1.82, 2.24) is 15.1 Å². The minimum Gasteiger partial charge on any atom is -0.340 e. The van der Waals surface area contributed by atoms with Crippen LogP contribution in [0.1, 0.15) is 45.1 Å². The van der Waals surface area contributed by atoms with Gasteiger partial charge < -0.3 is 10.2 Å². The van der Waals surface area contributed by atoms with Crippen molar-refractivity contribution in [3.8, 4) is 0 Å². The SMILES string of the molecule is CC1(C)CN(C(=O)CCC2CCNCC2)CCN1Cc1ccccc1.Cl.Cl. The van der Waals surface area contributed by atoms with Crippen molar-refractivity contribution in [2.24, 2.45) is 5.92 Å². The highest BCUT2D eigenvalue weighted by molar-refractivity contribution is 5.85. The zero-order chi connectivity index (χ0) is 17.7. The number of piperidine rings is 1. The van der Waals surface area contributed by atoms with Crippen LogP contribution in [0.4, 0.5) is 0 Å². The molecule has 154 valence electrons. The number of carbonyl (C=O) groups is 1. The Morgan fingerprint density at radius 2 is 1.78 bits per heavy atom. The molecule has 0 radical (unpaired) electrons. The van der Waals surface area contributed by atoms with Crippen LogP contribution in [0.2, 0.25) is 0 Å². The van der Waals surface area contributed by atoms with Crippen molar-refractivity contribution in [3.05, 3.63) is 35.9 Å². The van der Waals surface area contributed by atoms with Gasteiger partial charge in [0.15, 0.2) is 0 Å². The number of carbonyl (C=O) groups excluding carboxylic acids is 1. The fourth-order valence-electron chi connectivity index (χ4n) is 4.16. The lowest BCUT2D eigenvalue weighted by Crippen LogP contribution is -2.59. The summed E-state index contributed by atoms with van der Waals surface area (Å²) in [5.41, 5.74) is 1.37. The number of halogens is 2. The van der Waals surface area contributed by atoms with Crippen LogP contribution >= 0.6 is 24.8 Å². The molecule has 0 aromatic heterocycles. The van der Waals surface area contributed by atoms with Crippen LogP contribution in [-0.4, -0.2) is 54.0 Å². The van der Waals surface area contributed by atoms with Gasteiger partial charge in [-0.25, -0.2) is 0 Å². The Hall–Kier alpha value is -0.810. The molecule has 2 heterocycles. The highest BCUT2D eigenvalue weighted by Gasteiger charge is 2.35. The standard InChI is InChI=1S/C21H33N3O.2ClH/c1-21(2)17-23(20(25)9-8-18-10-12-22-13-11-18)14-15-24(21)16-19-6-4-3-5-7-19;;/h3-7,18,22H,8-17H2,1-2H3;2*1H. The van der Waals surface area contributed by atoms with E-state index in [1.165, 1.54) is 18.4 Å². The highest BCUT2D eigenvalue weighted by Crippen LogP contribution is 2.25. The Morgan fingerprint density at radius 3 is 2.41 bits per heavy atom. The molecular formula is C21H35Cl2N3O. The minimum atomic E-state index is 0. The lowest BCUT2D eigenvalue weighted by Gasteiger charge is -2.47. The summed E-state index contributed by atoms with van der Waals surface area (Å²) in [5, 5.41) is 3.40. The van der Waals surface area contributed by atoms with Gasteiger partial charge in [0.05, 0.1) is 0 Å². The molecule has 0 aliphatic carbocycles. The van der Waals surface area contributed by atoms with E-state index in [0.717, 1.165) is 58.0 Å². The molecule has 2 aliphatic heterocycles. The number of amides is 1. The summed E-state index contributed by atoms with van der Waals surface area (Å²) in [6, 6.07) is 10.6. The maximum Gasteiger partial charge on any atom is 0.222 e. The normalized spacial score (nSPS) is 20.4. The van der Waals surface area contributed by atoms with Crippen molar-refractivity contribution < 1.29 is 4.79 Å². The average molecular weight is 416 g/mol. The van der Waals surface area contributed by atoms with Gasteiger partial charge in [0.2, 0.25) is 5.91 Å². The van der Waals surface area contributed by atoms with E-state index in [-0.39, 0.29) is 30.4 Å². The third-order valence-corrected chi connectivity index (χ3v) is 5.87. The average Bonchev–Trinajstić information content (AvgIpc) is 2.63. The predicted octanol–water partition coefficient (Wildman–Crippen LogP) is 3.73. The summed E-state index contributed by atoms with van der Waals surface area (Å²) < 4.78 is 0. The van der Waals surface area contributed by atoms with Crippen molar-refractivity contribution in [2.75, 3.05) is 32.7 Å².